The molecule has 0 aliphatic carbocycles. The van der Waals surface area contributed by atoms with Crippen molar-refractivity contribution in [1.82, 2.24) is 0 Å². The second-order valence-corrected chi connectivity index (χ2v) is 8.71. The third kappa shape index (κ3) is 4.81. The number of carbonyl (C=O) groups excluding carboxylic acids is 1. The summed E-state index contributed by atoms with van der Waals surface area (Å²) in [5, 5.41) is 2.36. The number of nitrogens with zero attached hydrogens (tertiary/aromatic N) is 1. The number of anilines is 2. The number of nitrogens with one attached hydrogen (secondary N) is 1. The third-order valence-corrected chi connectivity index (χ3v) is 6.38. The van der Waals surface area contributed by atoms with Crippen LogP contribution in [0.4, 0.5) is 24.5 Å². The van der Waals surface area contributed by atoms with Crippen molar-refractivity contribution in [2.45, 2.75) is 4.90 Å². The van der Waals surface area contributed by atoms with Gasteiger partial charge in [0, 0.05) is 5.02 Å². The van der Waals surface area contributed by atoms with Gasteiger partial charge in [0.25, 0.3) is 10.0 Å². The van der Waals surface area contributed by atoms with Gasteiger partial charge in [-0.3, -0.25) is 9.10 Å². The molecule has 0 aliphatic rings. The molecule has 0 saturated carbocycles. The van der Waals surface area contributed by atoms with Crippen molar-refractivity contribution < 1.29 is 31.1 Å². The number of methoxy groups -OCH3 is 1. The Morgan fingerprint density at radius 3 is 2.31 bits per heavy atom. The third-order valence-electron chi connectivity index (χ3n) is 4.35. The maximum Gasteiger partial charge on any atom is 0.264 e. The van der Waals surface area contributed by atoms with Gasteiger partial charge >= 0.3 is 0 Å². The molecule has 0 unspecified atom stereocenters. The molecule has 0 spiro atoms. The lowest BCUT2D eigenvalue weighted by Crippen LogP contribution is -2.38. The highest BCUT2D eigenvalue weighted by atomic mass is 35.5. The summed E-state index contributed by atoms with van der Waals surface area (Å²) in [6.07, 6.45) is 0. The standard InChI is InChI=1S/C21H16ClF3N2O4S/c1-31-18-5-3-2-4-17(18)27(32(29,30)14-8-6-13(22)7-9-14)12-19(28)26-16-11-10-15(23)20(24)21(16)25/h2-11H,12H2,1H3,(H,26,28). The first-order valence-corrected chi connectivity index (χ1v) is 10.8. The average molecular weight is 485 g/mol. The number of hydrogen-bond acceptors (Lipinski definition) is 4. The number of sulfonamides is 1. The van der Waals surface area contributed by atoms with Crippen LogP contribution >= 0.6 is 11.6 Å². The van der Waals surface area contributed by atoms with Crippen molar-refractivity contribution in [2.24, 2.45) is 0 Å². The van der Waals surface area contributed by atoms with Gasteiger partial charge in [0.05, 0.1) is 23.4 Å². The molecule has 0 bridgehead atoms. The average Bonchev–Trinajstić information content (AvgIpc) is 2.78. The van der Waals surface area contributed by atoms with Crippen LogP contribution in [0.3, 0.4) is 0 Å². The smallest absolute Gasteiger partial charge is 0.264 e. The molecule has 6 nitrogen and oxygen atoms in total. The van der Waals surface area contributed by atoms with E-state index in [-0.39, 0.29) is 16.3 Å². The molecular formula is C21H16ClF3N2O4S. The summed E-state index contributed by atoms with van der Waals surface area (Å²) in [6, 6.07) is 12.8. The van der Waals surface area contributed by atoms with Crippen LogP contribution in [0, 0.1) is 17.5 Å². The molecule has 3 aromatic rings. The van der Waals surface area contributed by atoms with E-state index in [9.17, 15) is 26.4 Å². The maximum absolute atomic E-state index is 13.9. The summed E-state index contributed by atoms with van der Waals surface area (Å²) >= 11 is 5.83. The highest BCUT2D eigenvalue weighted by Crippen LogP contribution is 2.32. The highest BCUT2D eigenvalue weighted by molar-refractivity contribution is 7.92. The Morgan fingerprint density at radius 2 is 1.66 bits per heavy atom. The van der Waals surface area contributed by atoms with E-state index in [1.165, 1.54) is 49.6 Å². The number of amides is 1. The fourth-order valence-electron chi connectivity index (χ4n) is 2.81. The molecule has 0 atom stereocenters. The highest BCUT2D eigenvalue weighted by Gasteiger charge is 2.30. The van der Waals surface area contributed by atoms with Gasteiger partial charge in [0.2, 0.25) is 5.91 Å². The maximum atomic E-state index is 13.9. The molecule has 32 heavy (non-hydrogen) atoms. The molecule has 0 heterocycles. The Labute approximate surface area is 187 Å². The Morgan fingerprint density at radius 1 is 1.00 bits per heavy atom. The Kier molecular flexibility index (Phi) is 6.95. The first kappa shape index (κ1) is 23.4. The number of benzene rings is 3. The van der Waals surface area contributed by atoms with Gasteiger partial charge in [-0.25, -0.2) is 21.6 Å². The van der Waals surface area contributed by atoms with Crippen LogP contribution < -0.4 is 14.4 Å². The number of para-hydroxylation sites is 2. The molecule has 11 heteroatoms. The van der Waals surface area contributed by atoms with Crippen LogP contribution in [0.1, 0.15) is 0 Å². The van der Waals surface area contributed by atoms with Gasteiger partial charge in [0.1, 0.15) is 12.3 Å². The van der Waals surface area contributed by atoms with Gasteiger partial charge in [0.15, 0.2) is 17.5 Å². The Hall–Kier alpha value is -3.24. The molecule has 0 radical (unpaired) electrons. The number of halogens is 4. The molecule has 0 fully saturated rings. The van der Waals surface area contributed by atoms with Crippen molar-refractivity contribution in [3.05, 3.63) is 83.1 Å². The lowest BCUT2D eigenvalue weighted by molar-refractivity contribution is -0.114. The summed E-state index contributed by atoms with van der Waals surface area (Å²) < 4.78 is 73.2. The number of carbonyl (C=O) groups is 1. The minimum Gasteiger partial charge on any atom is -0.495 e. The fraction of sp³-hybridized carbons (Fsp3) is 0.0952. The second-order valence-electron chi connectivity index (χ2n) is 6.41. The molecule has 1 amide bonds. The van der Waals surface area contributed by atoms with Crippen molar-refractivity contribution in [1.29, 1.82) is 0 Å². The van der Waals surface area contributed by atoms with Crippen molar-refractivity contribution >= 4 is 38.9 Å². The fourth-order valence-corrected chi connectivity index (χ4v) is 4.37. The van der Waals surface area contributed by atoms with Gasteiger partial charge in [-0.2, -0.15) is 0 Å². The van der Waals surface area contributed by atoms with Crippen LogP contribution in [0.25, 0.3) is 0 Å². The molecule has 0 aliphatic heterocycles. The number of hydrogen-bond donors (Lipinski definition) is 1. The number of ether oxygens (including phenoxy) is 1. The summed E-state index contributed by atoms with van der Waals surface area (Å²) in [5.41, 5.74) is -0.608. The van der Waals surface area contributed by atoms with Gasteiger partial charge in [-0.1, -0.05) is 23.7 Å². The minimum atomic E-state index is -4.31. The van der Waals surface area contributed by atoms with Gasteiger partial charge < -0.3 is 10.1 Å². The second kappa shape index (κ2) is 9.49. The molecule has 168 valence electrons. The van der Waals surface area contributed by atoms with Crippen LogP contribution in [0.2, 0.25) is 5.02 Å². The minimum absolute atomic E-state index is 0.0332. The molecule has 0 saturated heterocycles. The predicted octanol–water partition coefficient (Wildman–Crippen LogP) is 4.60. The zero-order valence-electron chi connectivity index (χ0n) is 16.5. The molecule has 1 N–H and O–H groups in total. The van der Waals surface area contributed by atoms with Crippen LogP contribution in [-0.2, 0) is 14.8 Å². The summed E-state index contributed by atoms with van der Waals surface area (Å²) in [4.78, 5) is 12.4. The van der Waals surface area contributed by atoms with Gasteiger partial charge in [-0.05, 0) is 48.5 Å². The SMILES string of the molecule is COc1ccccc1N(CC(=O)Nc1ccc(F)c(F)c1F)S(=O)(=O)c1ccc(Cl)cc1. The van der Waals surface area contributed by atoms with E-state index in [2.05, 4.69) is 5.32 Å². The Balaban J connectivity index is 2.01. The van der Waals surface area contributed by atoms with E-state index < -0.39 is 45.6 Å². The van der Waals surface area contributed by atoms with Crippen molar-refractivity contribution in [3.63, 3.8) is 0 Å². The van der Waals surface area contributed by atoms with Crippen LogP contribution in [0.15, 0.2) is 65.6 Å². The van der Waals surface area contributed by atoms with Crippen molar-refractivity contribution in [2.75, 3.05) is 23.3 Å². The van der Waals surface area contributed by atoms with E-state index in [0.717, 1.165) is 10.4 Å². The predicted molar refractivity (Wildman–Crippen MR) is 114 cm³/mol. The van der Waals surface area contributed by atoms with Gasteiger partial charge in [-0.15, -0.1) is 0 Å². The quantitative estimate of drug-likeness (QED) is 0.497. The first-order valence-electron chi connectivity index (χ1n) is 9.00. The lowest BCUT2D eigenvalue weighted by Gasteiger charge is -2.25. The van der Waals surface area contributed by atoms with E-state index in [4.69, 9.17) is 16.3 Å². The largest absolute Gasteiger partial charge is 0.495 e. The Bertz CT molecular complexity index is 1250. The lowest BCUT2D eigenvalue weighted by atomic mass is 10.2. The number of rotatable bonds is 7. The van der Waals surface area contributed by atoms with E-state index in [1.54, 1.807) is 6.07 Å². The topological polar surface area (TPSA) is 75.7 Å². The first-order chi connectivity index (χ1) is 15.1. The zero-order chi connectivity index (χ0) is 23.5. The summed E-state index contributed by atoms with van der Waals surface area (Å²) in [6.45, 7) is -0.816. The summed E-state index contributed by atoms with van der Waals surface area (Å²) in [7, 11) is -2.99. The van der Waals surface area contributed by atoms with E-state index in [0.29, 0.717) is 11.1 Å². The van der Waals surface area contributed by atoms with Crippen LogP contribution in [0.5, 0.6) is 5.75 Å². The van der Waals surface area contributed by atoms with Crippen LogP contribution in [-0.4, -0.2) is 28.0 Å². The van der Waals surface area contributed by atoms with E-state index >= 15 is 0 Å². The zero-order valence-corrected chi connectivity index (χ0v) is 18.1. The molecule has 3 rings (SSSR count). The molecular weight excluding hydrogens is 469 g/mol. The molecule has 0 aromatic heterocycles. The summed E-state index contributed by atoms with van der Waals surface area (Å²) in [5.74, 6) is -5.66. The molecule has 3 aromatic carbocycles. The monoisotopic (exact) mass is 484 g/mol. The van der Waals surface area contributed by atoms with Crippen molar-refractivity contribution in [3.8, 4) is 5.75 Å². The van der Waals surface area contributed by atoms with E-state index in [1.807, 2.05) is 0 Å². The normalized spacial score (nSPS) is 11.2.